The number of nitrogens with one attached hydrogen (secondary N) is 1. The number of para-hydroxylation sites is 1. The van der Waals surface area contributed by atoms with E-state index in [4.69, 9.17) is 0 Å². The Balaban J connectivity index is 0.000000980. The van der Waals surface area contributed by atoms with Crippen molar-refractivity contribution in [1.82, 2.24) is 0 Å². The molecule has 0 saturated heterocycles. The van der Waals surface area contributed by atoms with Crippen molar-refractivity contribution < 1.29 is 9.53 Å². The Labute approximate surface area is 88.9 Å². The van der Waals surface area contributed by atoms with Crippen molar-refractivity contribution in [1.29, 1.82) is 0 Å². The molecule has 3 nitrogen and oxygen atoms in total. The van der Waals surface area contributed by atoms with Crippen LogP contribution in [0.25, 0.3) is 0 Å². The first kappa shape index (κ1) is 10.9. The summed E-state index contributed by atoms with van der Waals surface area (Å²) in [4.78, 5) is 11.2. The second kappa shape index (κ2) is 4.33. The molecule has 0 radical (unpaired) electrons. The monoisotopic (exact) mass is 213 g/mol. The third kappa shape index (κ3) is 1.82. The largest absolute Gasteiger partial charge is 0.467 e. The molecule has 1 aliphatic heterocycles. The topological polar surface area (TPSA) is 38.3 Å². The lowest BCUT2D eigenvalue weighted by Crippen LogP contribution is -2.27. The van der Waals surface area contributed by atoms with Gasteiger partial charge in [0.1, 0.15) is 6.04 Å². The van der Waals surface area contributed by atoms with Crippen molar-refractivity contribution in [3.63, 3.8) is 0 Å². The smallest absolute Gasteiger partial charge is 0.328 e. The highest BCUT2D eigenvalue weighted by molar-refractivity contribution is 5.85. The van der Waals surface area contributed by atoms with E-state index in [1.54, 1.807) is 0 Å². The molecule has 76 valence electrons. The Kier molecular flexibility index (Phi) is 3.36. The van der Waals surface area contributed by atoms with Crippen molar-refractivity contribution in [2.45, 2.75) is 12.5 Å². The van der Waals surface area contributed by atoms with E-state index in [0.29, 0.717) is 0 Å². The van der Waals surface area contributed by atoms with Crippen LogP contribution >= 0.6 is 12.4 Å². The normalized spacial score (nSPS) is 17.6. The lowest BCUT2D eigenvalue weighted by atomic mass is 10.1. The van der Waals surface area contributed by atoms with E-state index in [2.05, 4.69) is 10.1 Å². The van der Waals surface area contributed by atoms with Crippen LogP contribution in [0.15, 0.2) is 24.3 Å². The van der Waals surface area contributed by atoms with Crippen LogP contribution in [0.5, 0.6) is 0 Å². The number of ether oxygens (including phenoxy) is 1. The van der Waals surface area contributed by atoms with E-state index in [1.165, 1.54) is 12.7 Å². The number of benzene rings is 1. The van der Waals surface area contributed by atoms with Crippen LogP contribution in [0.4, 0.5) is 5.69 Å². The second-order valence-electron chi connectivity index (χ2n) is 3.08. The van der Waals surface area contributed by atoms with Crippen molar-refractivity contribution in [3.8, 4) is 0 Å². The van der Waals surface area contributed by atoms with Crippen molar-refractivity contribution >= 4 is 24.1 Å². The molecule has 0 saturated carbocycles. The van der Waals surface area contributed by atoms with Crippen molar-refractivity contribution in [2.24, 2.45) is 0 Å². The van der Waals surface area contributed by atoms with Gasteiger partial charge in [0.25, 0.3) is 0 Å². The first-order chi connectivity index (χ1) is 6.31. The number of fused-ring (bicyclic) bond motifs is 1. The van der Waals surface area contributed by atoms with Gasteiger partial charge in [-0.05, 0) is 11.6 Å². The number of carbonyl (C=O) groups is 1. The average molecular weight is 214 g/mol. The summed E-state index contributed by atoms with van der Waals surface area (Å²) >= 11 is 0. The molecule has 2 rings (SSSR count). The fourth-order valence-corrected chi connectivity index (χ4v) is 1.58. The third-order valence-corrected chi connectivity index (χ3v) is 2.26. The number of carbonyl (C=O) groups excluding carboxylic acids is 1. The zero-order valence-electron chi connectivity index (χ0n) is 7.82. The number of hydrogen-bond acceptors (Lipinski definition) is 3. The Hall–Kier alpha value is -1.22. The number of rotatable bonds is 1. The molecule has 0 fully saturated rings. The van der Waals surface area contributed by atoms with Crippen molar-refractivity contribution in [2.75, 3.05) is 12.4 Å². The van der Waals surface area contributed by atoms with Crippen LogP contribution in [0.2, 0.25) is 0 Å². The van der Waals surface area contributed by atoms with Gasteiger partial charge in [-0.3, -0.25) is 0 Å². The first-order valence-corrected chi connectivity index (χ1v) is 4.23. The van der Waals surface area contributed by atoms with Gasteiger partial charge in [-0.25, -0.2) is 4.79 Å². The van der Waals surface area contributed by atoms with Crippen LogP contribution in [0.1, 0.15) is 5.56 Å². The number of halogens is 1. The molecular weight excluding hydrogens is 202 g/mol. The Bertz CT molecular complexity index is 316. The molecule has 1 heterocycles. The van der Waals surface area contributed by atoms with Gasteiger partial charge in [-0.2, -0.15) is 0 Å². The van der Waals surface area contributed by atoms with Crippen LogP contribution in [0.3, 0.4) is 0 Å². The zero-order chi connectivity index (χ0) is 9.26. The van der Waals surface area contributed by atoms with Gasteiger partial charge in [0.05, 0.1) is 7.11 Å². The fourth-order valence-electron chi connectivity index (χ4n) is 1.58. The van der Waals surface area contributed by atoms with Gasteiger partial charge < -0.3 is 10.1 Å². The zero-order valence-corrected chi connectivity index (χ0v) is 8.64. The number of anilines is 1. The van der Waals surface area contributed by atoms with Gasteiger partial charge in [0, 0.05) is 12.1 Å². The summed E-state index contributed by atoms with van der Waals surface area (Å²) in [5.74, 6) is -0.198. The van der Waals surface area contributed by atoms with Crippen LogP contribution < -0.4 is 5.32 Å². The third-order valence-electron chi connectivity index (χ3n) is 2.26. The summed E-state index contributed by atoms with van der Waals surface area (Å²) in [7, 11) is 1.41. The molecule has 0 amide bonds. The molecule has 0 bridgehead atoms. The molecule has 0 spiro atoms. The molecule has 4 heteroatoms. The summed E-state index contributed by atoms with van der Waals surface area (Å²) in [5.41, 5.74) is 2.22. The molecule has 0 aliphatic carbocycles. The number of hydrogen-bond donors (Lipinski definition) is 1. The lowest BCUT2D eigenvalue weighted by Gasteiger charge is -2.07. The maximum atomic E-state index is 11.2. The van der Waals surface area contributed by atoms with Crippen LogP contribution in [-0.4, -0.2) is 19.1 Å². The van der Waals surface area contributed by atoms with Crippen LogP contribution in [0, 0.1) is 0 Å². The highest BCUT2D eigenvalue weighted by Gasteiger charge is 2.26. The van der Waals surface area contributed by atoms with E-state index >= 15 is 0 Å². The summed E-state index contributed by atoms with van der Waals surface area (Å²) in [6, 6.07) is 7.71. The molecule has 1 N–H and O–H groups in total. The number of esters is 1. The highest BCUT2D eigenvalue weighted by atomic mass is 35.5. The molecular formula is C10H12ClNO2. The van der Waals surface area contributed by atoms with Crippen LogP contribution in [-0.2, 0) is 16.0 Å². The Morgan fingerprint density at radius 1 is 1.50 bits per heavy atom. The first-order valence-electron chi connectivity index (χ1n) is 4.23. The van der Waals surface area contributed by atoms with E-state index in [1.807, 2.05) is 24.3 Å². The fraction of sp³-hybridized carbons (Fsp3) is 0.300. The second-order valence-corrected chi connectivity index (χ2v) is 3.08. The quantitative estimate of drug-likeness (QED) is 0.721. The van der Waals surface area contributed by atoms with Gasteiger partial charge in [0.2, 0.25) is 0 Å². The van der Waals surface area contributed by atoms with E-state index in [9.17, 15) is 4.79 Å². The van der Waals surface area contributed by atoms with Gasteiger partial charge >= 0.3 is 5.97 Å². The van der Waals surface area contributed by atoms with E-state index in [0.717, 1.165) is 12.1 Å². The molecule has 1 aromatic rings. The van der Waals surface area contributed by atoms with Gasteiger partial charge in [0.15, 0.2) is 0 Å². The minimum absolute atomic E-state index is 0. The molecule has 0 aromatic heterocycles. The molecule has 0 unspecified atom stereocenters. The molecule has 1 atom stereocenters. The predicted molar refractivity (Wildman–Crippen MR) is 56.8 cm³/mol. The van der Waals surface area contributed by atoms with Gasteiger partial charge in [-0.1, -0.05) is 18.2 Å². The predicted octanol–water partition coefficient (Wildman–Crippen LogP) is 1.62. The summed E-state index contributed by atoms with van der Waals surface area (Å²) in [6.45, 7) is 0. The maximum Gasteiger partial charge on any atom is 0.328 e. The summed E-state index contributed by atoms with van der Waals surface area (Å²) in [5, 5.41) is 3.11. The maximum absolute atomic E-state index is 11.2. The highest BCUT2D eigenvalue weighted by Crippen LogP contribution is 2.25. The average Bonchev–Trinajstić information content (AvgIpc) is 2.59. The molecule has 1 aliphatic rings. The van der Waals surface area contributed by atoms with Gasteiger partial charge in [-0.15, -0.1) is 12.4 Å². The summed E-state index contributed by atoms with van der Waals surface area (Å²) < 4.78 is 4.66. The molecule has 1 aromatic carbocycles. The Morgan fingerprint density at radius 2 is 2.21 bits per heavy atom. The summed E-state index contributed by atoms with van der Waals surface area (Å²) in [6.07, 6.45) is 0.725. The van der Waals surface area contributed by atoms with E-state index < -0.39 is 0 Å². The minimum Gasteiger partial charge on any atom is -0.467 e. The number of methoxy groups -OCH3 is 1. The standard InChI is InChI=1S/C10H11NO2.ClH/c1-13-10(12)9-6-7-4-2-3-5-8(7)11-9;/h2-5,9,11H,6H2,1H3;1H/t9-;/m1./s1. The van der Waals surface area contributed by atoms with E-state index in [-0.39, 0.29) is 24.4 Å². The Morgan fingerprint density at radius 3 is 2.86 bits per heavy atom. The van der Waals surface area contributed by atoms with Crippen molar-refractivity contribution in [3.05, 3.63) is 29.8 Å². The minimum atomic E-state index is -0.206. The lowest BCUT2D eigenvalue weighted by molar-refractivity contribution is -0.141. The molecule has 14 heavy (non-hydrogen) atoms. The SMILES string of the molecule is COC(=O)[C@H]1Cc2ccccc2N1.Cl.